The van der Waals surface area contributed by atoms with Crippen molar-refractivity contribution >= 4 is 5.57 Å². The lowest BCUT2D eigenvalue weighted by molar-refractivity contribution is 0.475. The quantitative estimate of drug-likeness (QED) is 0.831. The molecular formula is C17H16O. The van der Waals surface area contributed by atoms with Gasteiger partial charge >= 0.3 is 0 Å². The van der Waals surface area contributed by atoms with Crippen LogP contribution >= 0.6 is 0 Å². The molecule has 0 saturated carbocycles. The second kappa shape index (κ2) is 4.02. The number of benzene rings is 2. The molecule has 1 heteroatoms. The van der Waals surface area contributed by atoms with Gasteiger partial charge in [0.15, 0.2) is 0 Å². The van der Waals surface area contributed by atoms with Crippen molar-refractivity contribution in [2.75, 3.05) is 0 Å². The molecule has 90 valence electrons. The largest absolute Gasteiger partial charge is 0.508 e. The average molecular weight is 236 g/mol. The molecule has 2 aromatic carbocycles. The molecule has 0 heterocycles. The summed E-state index contributed by atoms with van der Waals surface area (Å²) in [5.74, 6) is 0.335. The Balaban J connectivity index is 1.91. The molecule has 0 amide bonds. The Kier molecular flexibility index (Phi) is 2.48. The highest BCUT2D eigenvalue weighted by Gasteiger charge is 2.33. The van der Waals surface area contributed by atoms with Gasteiger partial charge in [-0.1, -0.05) is 55.5 Å². The van der Waals surface area contributed by atoms with Crippen LogP contribution < -0.4 is 0 Å². The van der Waals surface area contributed by atoms with Crippen LogP contribution in [0.15, 0.2) is 60.7 Å². The van der Waals surface area contributed by atoms with Crippen LogP contribution in [0.2, 0.25) is 0 Å². The molecule has 1 atom stereocenters. The fourth-order valence-corrected chi connectivity index (χ4v) is 2.65. The summed E-state index contributed by atoms with van der Waals surface area (Å²) in [6.45, 7) is 2.26. The number of phenols is 1. The molecule has 0 radical (unpaired) electrons. The van der Waals surface area contributed by atoms with Crippen LogP contribution in [-0.2, 0) is 5.41 Å². The first kappa shape index (κ1) is 11.1. The zero-order valence-corrected chi connectivity index (χ0v) is 10.4. The molecule has 1 nitrogen and oxygen atoms in total. The predicted molar refractivity (Wildman–Crippen MR) is 74.5 cm³/mol. The molecule has 3 rings (SSSR count). The van der Waals surface area contributed by atoms with Crippen molar-refractivity contribution in [2.45, 2.75) is 18.8 Å². The van der Waals surface area contributed by atoms with Crippen molar-refractivity contribution in [3.8, 4) is 5.75 Å². The topological polar surface area (TPSA) is 20.2 Å². The van der Waals surface area contributed by atoms with Crippen LogP contribution in [0, 0.1) is 0 Å². The van der Waals surface area contributed by atoms with Gasteiger partial charge in [0.05, 0.1) is 0 Å². The Labute approximate surface area is 107 Å². The van der Waals surface area contributed by atoms with Gasteiger partial charge in [-0.3, -0.25) is 0 Å². The maximum Gasteiger partial charge on any atom is 0.116 e. The van der Waals surface area contributed by atoms with E-state index in [1.54, 1.807) is 6.07 Å². The summed E-state index contributed by atoms with van der Waals surface area (Å²) in [4.78, 5) is 0. The van der Waals surface area contributed by atoms with Crippen LogP contribution in [0.3, 0.4) is 0 Å². The minimum Gasteiger partial charge on any atom is -0.508 e. The third-order valence-electron chi connectivity index (χ3n) is 3.70. The van der Waals surface area contributed by atoms with Crippen molar-refractivity contribution in [3.63, 3.8) is 0 Å². The lowest BCUT2D eigenvalue weighted by atomic mass is 9.66. The van der Waals surface area contributed by atoms with Gasteiger partial charge in [0.25, 0.3) is 0 Å². The average Bonchev–Trinajstić information content (AvgIpc) is 2.36. The number of aromatic hydroxyl groups is 1. The van der Waals surface area contributed by atoms with E-state index >= 15 is 0 Å². The van der Waals surface area contributed by atoms with Gasteiger partial charge in [0.2, 0.25) is 0 Å². The van der Waals surface area contributed by atoms with Gasteiger partial charge in [-0.05, 0) is 35.3 Å². The van der Waals surface area contributed by atoms with Gasteiger partial charge in [-0.15, -0.1) is 0 Å². The SMILES string of the molecule is CC1(c2ccccc2)C=C(c2cccc(O)c2)C1. The first-order chi connectivity index (χ1) is 8.67. The highest BCUT2D eigenvalue weighted by atomic mass is 16.3. The van der Waals surface area contributed by atoms with Crippen molar-refractivity contribution in [3.05, 3.63) is 71.8 Å². The third-order valence-corrected chi connectivity index (χ3v) is 3.70. The number of rotatable bonds is 2. The molecule has 0 bridgehead atoms. The van der Waals surface area contributed by atoms with Gasteiger partial charge in [0.1, 0.15) is 5.75 Å². The Morgan fingerprint density at radius 2 is 1.72 bits per heavy atom. The zero-order valence-electron chi connectivity index (χ0n) is 10.4. The van der Waals surface area contributed by atoms with E-state index in [9.17, 15) is 5.11 Å². The fourth-order valence-electron chi connectivity index (χ4n) is 2.65. The minimum absolute atomic E-state index is 0.141. The molecule has 1 N–H and O–H groups in total. The van der Waals surface area contributed by atoms with Crippen LogP contribution in [-0.4, -0.2) is 5.11 Å². The van der Waals surface area contributed by atoms with Crippen molar-refractivity contribution in [1.82, 2.24) is 0 Å². The van der Waals surface area contributed by atoms with Crippen molar-refractivity contribution in [1.29, 1.82) is 0 Å². The number of allylic oxidation sites excluding steroid dienone is 2. The summed E-state index contributed by atoms with van der Waals surface area (Å²) >= 11 is 0. The van der Waals surface area contributed by atoms with E-state index in [1.807, 2.05) is 18.2 Å². The van der Waals surface area contributed by atoms with E-state index < -0.39 is 0 Å². The van der Waals surface area contributed by atoms with E-state index in [-0.39, 0.29) is 5.41 Å². The number of hydrogen-bond acceptors (Lipinski definition) is 1. The summed E-state index contributed by atoms with van der Waals surface area (Å²) < 4.78 is 0. The molecule has 1 unspecified atom stereocenters. The number of phenolic OH excluding ortho intramolecular Hbond substituents is 1. The maximum absolute atomic E-state index is 9.50. The normalized spacial score (nSPS) is 22.2. The third kappa shape index (κ3) is 1.82. The standard InChI is InChI=1S/C17H16O/c1-17(15-7-3-2-4-8-15)11-14(12-17)13-6-5-9-16(18)10-13/h2-11,18H,12H2,1H3. The lowest BCUT2D eigenvalue weighted by Gasteiger charge is -2.37. The highest BCUT2D eigenvalue weighted by Crippen LogP contribution is 2.46. The monoisotopic (exact) mass is 236 g/mol. The molecule has 18 heavy (non-hydrogen) atoms. The Bertz CT molecular complexity index is 598. The molecule has 1 aliphatic carbocycles. The summed E-state index contributed by atoms with van der Waals surface area (Å²) in [6.07, 6.45) is 3.33. The van der Waals surface area contributed by atoms with E-state index in [0.29, 0.717) is 5.75 Å². The van der Waals surface area contributed by atoms with Crippen molar-refractivity contribution in [2.24, 2.45) is 0 Å². The number of hydrogen-bond donors (Lipinski definition) is 1. The van der Waals surface area contributed by atoms with Crippen LogP contribution in [0.5, 0.6) is 5.75 Å². The second-order valence-corrected chi connectivity index (χ2v) is 5.18. The van der Waals surface area contributed by atoms with Crippen LogP contribution in [0.1, 0.15) is 24.5 Å². The molecule has 0 fully saturated rings. The molecule has 0 saturated heterocycles. The lowest BCUT2D eigenvalue weighted by Crippen LogP contribution is -2.27. The molecule has 1 aliphatic rings. The minimum atomic E-state index is 0.141. The fraction of sp³-hybridized carbons (Fsp3) is 0.176. The van der Waals surface area contributed by atoms with Gasteiger partial charge < -0.3 is 5.11 Å². The Morgan fingerprint density at radius 3 is 2.39 bits per heavy atom. The predicted octanol–water partition coefficient (Wildman–Crippen LogP) is 4.14. The van der Waals surface area contributed by atoms with Gasteiger partial charge in [-0.25, -0.2) is 0 Å². The summed E-state index contributed by atoms with van der Waals surface area (Å²) in [6, 6.07) is 18.0. The zero-order chi connectivity index (χ0) is 12.6. The molecule has 0 aliphatic heterocycles. The summed E-state index contributed by atoms with van der Waals surface area (Å²) in [5, 5.41) is 9.50. The Hall–Kier alpha value is -2.02. The van der Waals surface area contributed by atoms with E-state index in [1.165, 1.54) is 11.1 Å². The first-order valence-electron chi connectivity index (χ1n) is 6.24. The highest BCUT2D eigenvalue weighted by molar-refractivity contribution is 5.75. The maximum atomic E-state index is 9.50. The van der Waals surface area contributed by atoms with Crippen molar-refractivity contribution < 1.29 is 5.11 Å². The molecule has 0 aromatic heterocycles. The van der Waals surface area contributed by atoms with Gasteiger partial charge in [0, 0.05) is 5.41 Å². The first-order valence-corrected chi connectivity index (χ1v) is 6.24. The molecular weight excluding hydrogens is 220 g/mol. The molecule has 0 spiro atoms. The second-order valence-electron chi connectivity index (χ2n) is 5.18. The van der Waals surface area contributed by atoms with Crippen LogP contribution in [0.25, 0.3) is 5.57 Å². The molecule has 2 aromatic rings. The van der Waals surface area contributed by atoms with E-state index in [4.69, 9.17) is 0 Å². The van der Waals surface area contributed by atoms with E-state index in [0.717, 1.165) is 12.0 Å². The summed E-state index contributed by atoms with van der Waals surface area (Å²) in [5.41, 5.74) is 3.94. The summed E-state index contributed by atoms with van der Waals surface area (Å²) in [7, 11) is 0. The smallest absolute Gasteiger partial charge is 0.116 e. The van der Waals surface area contributed by atoms with Crippen LogP contribution in [0.4, 0.5) is 0 Å². The van der Waals surface area contributed by atoms with E-state index in [2.05, 4.69) is 43.3 Å². The Morgan fingerprint density at radius 1 is 1.00 bits per heavy atom. The van der Waals surface area contributed by atoms with Gasteiger partial charge in [-0.2, -0.15) is 0 Å².